The second-order valence-electron chi connectivity index (χ2n) is 7.61. The average molecular weight is 409 g/mol. The normalized spacial score (nSPS) is 24.9. The maximum absolute atomic E-state index is 14.3. The van der Waals surface area contributed by atoms with E-state index in [-0.39, 0.29) is 11.9 Å². The molecule has 3 nitrogen and oxygen atoms in total. The number of hydrogen-bond donors (Lipinski definition) is 0. The summed E-state index contributed by atoms with van der Waals surface area (Å²) in [5, 5.41) is 0. The van der Waals surface area contributed by atoms with Crippen molar-refractivity contribution in [3.63, 3.8) is 0 Å². The maximum Gasteiger partial charge on any atom is 0.196 e. The van der Waals surface area contributed by atoms with Crippen molar-refractivity contribution >= 4 is 0 Å². The van der Waals surface area contributed by atoms with E-state index in [1.54, 1.807) is 0 Å². The molecule has 1 fully saturated rings. The Bertz CT molecular complexity index is 680. The molecule has 0 radical (unpaired) electrons. The van der Waals surface area contributed by atoms with E-state index in [1.807, 2.05) is 18.2 Å². The Labute approximate surface area is 173 Å². The first-order valence-corrected chi connectivity index (χ1v) is 10.6. The second-order valence-corrected chi connectivity index (χ2v) is 7.61. The minimum atomic E-state index is -0.868. The van der Waals surface area contributed by atoms with Gasteiger partial charge < -0.3 is 14.2 Å². The molecule has 29 heavy (non-hydrogen) atoms. The van der Waals surface area contributed by atoms with E-state index in [0.717, 1.165) is 24.2 Å². The van der Waals surface area contributed by atoms with Crippen LogP contribution >= 0.6 is 0 Å². The van der Waals surface area contributed by atoms with Crippen molar-refractivity contribution < 1.29 is 23.0 Å². The van der Waals surface area contributed by atoms with Crippen molar-refractivity contribution in [3.8, 4) is 0 Å². The highest BCUT2D eigenvalue weighted by Crippen LogP contribution is 2.38. The molecule has 0 spiro atoms. The fourth-order valence-corrected chi connectivity index (χ4v) is 3.54. The highest BCUT2D eigenvalue weighted by Gasteiger charge is 2.26. The van der Waals surface area contributed by atoms with Crippen molar-refractivity contribution in [2.45, 2.75) is 64.9 Å². The van der Waals surface area contributed by atoms with Crippen molar-refractivity contribution in [2.75, 3.05) is 20.3 Å². The molecule has 0 saturated carbocycles. The van der Waals surface area contributed by atoms with Gasteiger partial charge in [-0.1, -0.05) is 32.4 Å². The number of allylic oxidation sites excluding steroid dienone is 8. The van der Waals surface area contributed by atoms with Crippen molar-refractivity contribution in [1.29, 1.82) is 0 Å². The summed E-state index contributed by atoms with van der Waals surface area (Å²) < 4.78 is 44.7. The van der Waals surface area contributed by atoms with Crippen LogP contribution in [0.15, 0.2) is 59.1 Å². The molecule has 2 atom stereocenters. The van der Waals surface area contributed by atoms with Gasteiger partial charge in [0.05, 0.1) is 25.6 Å². The van der Waals surface area contributed by atoms with E-state index in [2.05, 4.69) is 20.4 Å². The van der Waals surface area contributed by atoms with Crippen LogP contribution in [0.25, 0.3) is 0 Å². The van der Waals surface area contributed by atoms with Crippen LogP contribution in [0.2, 0.25) is 0 Å². The van der Waals surface area contributed by atoms with Gasteiger partial charge in [-0.3, -0.25) is 0 Å². The van der Waals surface area contributed by atoms with Crippen LogP contribution < -0.4 is 0 Å². The van der Waals surface area contributed by atoms with Crippen LogP contribution in [0.1, 0.15) is 58.8 Å². The van der Waals surface area contributed by atoms with Crippen LogP contribution in [0, 0.1) is 5.92 Å². The predicted octanol–water partition coefficient (Wildman–Crippen LogP) is 6.85. The maximum atomic E-state index is 14.3. The molecule has 162 valence electrons. The van der Waals surface area contributed by atoms with Gasteiger partial charge in [0.2, 0.25) is 0 Å². The number of ether oxygens (including phenoxy) is 3. The topological polar surface area (TPSA) is 27.7 Å². The van der Waals surface area contributed by atoms with E-state index < -0.39 is 11.7 Å². The van der Waals surface area contributed by atoms with Gasteiger partial charge in [-0.25, -0.2) is 8.78 Å². The minimum absolute atomic E-state index is 0.0911. The molecule has 0 aromatic carbocycles. The van der Waals surface area contributed by atoms with Gasteiger partial charge in [0.1, 0.15) is 12.4 Å². The molecule has 1 saturated heterocycles. The minimum Gasteiger partial charge on any atom is -0.498 e. The Balaban J connectivity index is 0.000000941. The summed E-state index contributed by atoms with van der Waals surface area (Å²) in [6.07, 6.45) is 11.2. The first-order chi connectivity index (χ1) is 14.0. The summed E-state index contributed by atoms with van der Waals surface area (Å²) in [5.74, 6) is -0.253. The monoisotopic (exact) mass is 408 g/mol. The zero-order valence-corrected chi connectivity index (χ0v) is 17.9. The lowest BCUT2D eigenvalue weighted by Crippen LogP contribution is -2.28. The highest BCUT2D eigenvalue weighted by molar-refractivity contribution is 5.45. The molecule has 0 aromatic rings. The zero-order valence-electron chi connectivity index (χ0n) is 17.9. The summed E-state index contributed by atoms with van der Waals surface area (Å²) in [5.41, 5.74) is 1.28. The fourth-order valence-electron chi connectivity index (χ4n) is 3.54. The van der Waals surface area contributed by atoms with Crippen LogP contribution in [0.5, 0.6) is 0 Å². The number of methoxy groups -OCH3 is 1. The lowest BCUT2D eigenvalue weighted by Gasteiger charge is -2.28. The summed E-state index contributed by atoms with van der Waals surface area (Å²) in [7, 11) is 1.37. The van der Waals surface area contributed by atoms with E-state index in [9.17, 15) is 8.78 Å². The molecule has 0 amide bonds. The molecule has 1 heterocycles. The second kappa shape index (κ2) is 12.0. The SMILES string of the molecule is C=CC1CCC(COC2=CC=C(C3=C(F)C(F)=C(OC)CC3)CC2)OC1.CCC. The summed E-state index contributed by atoms with van der Waals surface area (Å²) in [4.78, 5) is 0. The van der Waals surface area contributed by atoms with E-state index in [4.69, 9.17) is 14.2 Å². The van der Waals surface area contributed by atoms with Crippen molar-refractivity contribution in [1.82, 2.24) is 0 Å². The van der Waals surface area contributed by atoms with Gasteiger partial charge in [0.15, 0.2) is 11.7 Å². The van der Waals surface area contributed by atoms with Gasteiger partial charge in [-0.15, -0.1) is 6.58 Å². The van der Waals surface area contributed by atoms with Crippen LogP contribution in [0.4, 0.5) is 8.78 Å². The Kier molecular flexibility index (Phi) is 9.65. The zero-order chi connectivity index (χ0) is 21.2. The number of rotatable bonds is 6. The molecule has 5 heteroatoms. The van der Waals surface area contributed by atoms with Gasteiger partial charge in [-0.2, -0.15) is 0 Å². The standard InChI is InChI=1S/C21H26F2O3.C3H8/c1-3-14-4-7-17(25-12-14)13-26-16-8-5-15(6-9-16)18-10-11-19(24-2)21(23)20(18)22;1-3-2/h3,5,8,14,17H,1,4,6-7,9-13H2,2H3;3H2,1-2H3. The van der Waals surface area contributed by atoms with Crippen LogP contribution in [0.3, 0.4) is 0 Å². The summed E-state index contributed by atoms with van der Waals surface area (Å²) in [6, 6.07) is 0. The molecule has 2 aliphatic carbocycles. The third kappa shape index (κ3) is 6.56. The average Bonchev–Trinajstić information content (AvgIpc) is 2.75. The Morgan fingerprint density at radius 3 is 2.41 bits per heavy atom. The largest absolute Gasteiger partial charge is 0.498 e. The van der Waals surface area contributed by atoms with E-state index in [1.165, 1.54) is 13.5 Å². The molecule has 3 rings (SSSR count). The molecular weight excluding hydrogens is 374 g/mol. The van der Waals surface area contributed by atoms with Gasteiger partial charge in [0.25, 0.3) is 0 Å². The molecule has 2 unspecified atom stereocenters. The molecule has 0 N–H and O–H groups in total. The summed E-state index contributed by atoms with van der Waals surface area (Å²) >= 11 is 0. The first kappa shape index (κ1) is 23.4. The van der Waals surface area contributed by atoms with Crippen LogP contribution in [-0.2, 0) is 14.2 Å². The Morgan fingerprint density at radius 2 is 1.86 bits per heavy atom. The molecule has 3 aliphatic rings. The smallest absolute Gasteiger partial charge is 0.196 e. The third-order valence-corrected chi connectivity index (χ3v) is 5.24. The lowest BCUT2D eigenvalue weighted by atomic mass is 9.89. The number of halogens is 2. The van der Waals surface area contributed by atoms with Gasteiger partial charge >= 0.3 is 0 Å². The van der Waals surface area contributed by atoms with Gasteiger partial charge in [-0.05, 0) is 42.9 Å². The third-order valence-electron chi connectivity index (χ3n) is 5.24. The highest BCUT2D eigenvalue weighted by atomic mass is 19.2. The Hall–Kier alpha value is -1.88. The molecule has 1 aliphatic heterocycles. The first-order valence-electron chi connectivity index (χ1n) is 10.6. The van der Waals surface area contributed by atoms with Gasteiger partial charge in [0, 0.05) is 18.8 Å². The van der Waals surface area contributed by atoms with Crippen LogP contribution in [-0.4, -0.2) is 26.4 Å². The fraction of sp³-hybridized carbons (Fsp3) is 0.583. The lowest BCUT2D eigenvalue weighted by molar-refractivity contribution is -0.0413. The van der Waals surface area contributed by atoms with E-state index >= 15 is 0 Å². The Morgan fingerprint density at radius 1 is 1.10 bits per heavy atom. The van der Waals surface area contributed by atoms with Crippen molar-refractivity contribution in [3.05, 3.63) is 59.1 Å². The predicted molar refractivity (Wildman–Crippen MR) is 112 cm³/mol. The van der Waals surface area contributed by atoms with E-state index in [0.29, 0.717) is 50.4 Å². The number of hydrogen-bond acceptors (Lipinski definition) is 3. The summed E-state index contributed by atoms with van der Waals surface area (Å²) in [6.45, 7) is 9.29. The molecular formula is C24H34F2O3. The molecule has 0 aromatic heterocycles. The van der Waals surface area contributed by atoms with Crippen molar-refractivity contribution in [2.24, 2.45) is 5.92 Å². The quantitative estimate of drug-likeness (QED) is 0.450. The molecule has 0 bridgehead atoms.